The van der Waals surface area contributed by atoms with Crippen LogP contribution in [0.5, 0.6) is 0 Å². The molecule has 0 aliphatic rings. The van der Waals surface area contributed by atoms with E-state index in [1.165, 1.54) is 18.4 Å². The maximum absolute atomic E-state index is 11.9. The van der Waals surface area contributed by atoms with Gasteiger partial charge in [-0.15, -0.1) is 11.3 Å². The Balaban J connectivity index is 2.64. The molecule has 0 aliphatic heterocycles. The van der Waals surface area contributed by atoms with Gasteiger partial charge >= 0.3 is 5.97 Å². The average Bonchev–Trinajstić information content (AvgIpc) is 2.76. The maximum atomic E-state index is 11.9. The van der Waals surface area contributed by atoms with Crippen molar-refractivity contribution in [1.29, 1.82) is 0 Å². The molecule has 0 bridgehead atoms. The fourth-order valence-corrected chi connectivity index (χ4v) is 1.80. The van der Waals surface area contributed by atoms with Crippen molar-refractivity contribution in [3.63, 3.8) is 0 Å². The fraction of sp³-hybridized carbons (Fsp3) is 0.583. The molecule has 0 saturated heterocycles. The quantitative estimate of drug-likeness (QED) is 0.833. The predicted molar refractivity (Wildman–Crippen MR) is 70.5 cm³/mol. The number of aromatic nitrogens is 1. The Morgan fingerprint density at radius 1 is 1.50 bits per heavy atom. The molecule has 0 aromatic carbocycles. The molecule has 0 fully saturated rings. The van der Waals surface area contributed by atoms with Crippen LogP contribution in [0.3, 0.4) is 0 Å². The average molecular weight is 270 g/mol. The highest BCUT2D eigenvalue weighted by atomic mass is 32.1. The molecular formula is C12H18N2O3S. The number of nitrogens with one attached hydrogen (secondary N) is 1. The summed E-state index contributed by atoms with van der Waals surface area (Å²) in [7, 11) is 1.33. The highest BCUT2D eigenvalue weighted by Gasteiger charge is 2.26. The third kappa shape index (κ3) is 3.80. The lowest BCUT2D eigenvalue weighted by molar-refractivity contribution is -0.139. The van der Waals surface area contributed by atoms with Crippen LogP contribution >= 0.6 is 11.3 Å². The summed E-state index contributed by atoms with van der Waals surface area (Å²) in [4.78, 5) is 27.2. The minimum absolute atomic E-state index is 0.0658. The Kier molecular flexibility index (Phi) is 4.84. The summed E-state index contributed by atoms with van der Waals surface area (Å²) < 4.78 is 4.55. The molecule has 1 amide bonds. The van der Waals surface area contributed by atoms with E-state index < -0.39 is 5.41 Å². The highest BCUT2D eigenvalue weighted by molar-refractivity contribution is 7.13. The molecule has 1 rings (SSSR count). The first-order chi connectivity index (χ1) is 8.39. The molecule has 0 spiro atoms. The molecule has 0 atom stereocenters. The summed E-state index contributed by atoms with van der Waals surface area (Å²) in [5.41, 5.74) is 0.185. The van der Waals surface area contributed by atoms with Crippen LogP contribution < -0.4 is 5.32 Å². The summed E-state index contributed by atoms with van der Waals surface area (Å²) in [6, 6.07) is 0. The van der Waals surface area contributed by atoms with Gasteiger partial charge < -0.3 is 10.1 Å². The van der Waals surface area contributed by atoms with Crippen molar-refractivity contribution < 1.29 is 14.3 Å². The van der Waals surface area contributed by atoms with Gasteiger partial charge in [0, 0.05) is 10.8 Å². The number of thiazole rings is 1. The van der Waals surface area contributed by atoms with E-state index in [9.17, 15) is 9.59 Å². The largest absolute Gasteiger partial charge is 0.469 e. The van der Waals surface area contributed by atoms with Gasteiger partial charge in [0.15, 0.2) is 5.13 Å². The normalized spacial score (nSPS) is 11.1. The van der Waals surface area contributed by atoms with Gasteiger partial charge in [-0.1, -0.05) is 20.8 Å². The van der Waals surface area contributed by atoms with Crippen LogP contribution in [-0.4, -0.2) is 24.0 Å². The van der Waals surface area contributed by atoms with Crippen LogP contribution in [0.25, 0.3) is 0 Å². The molecule has 0 saturated carbocycles. The van der Waals surface area contributed by atoms with Gasteiger partial charge in [-0.2, -0.15) is 0 Å². The topological polar surface area (TPSA) is 68.3 Å². The molecule has 1 heterocycles. The van der Waals surface area contributed by atoms with Gasteiger partial charge in [0.05, 0.1) is 19.2 Å². The maximum Gasteiger partial charge on any atom is 0.311 e. The van der Waals surface area contributed by atoms with E-state index in [1.807, 2.05) is 20.8 Å². The first-order valence-corrected chi connectivity index (χ1v) is 6.59. The molecule has 1 aromatic rings. The predicted octanol–water partition coefficient (Wildman–Crippen LogP) is 2.23. The number of ether oxygens (including phenoxy) is 1. The zero-order valence-corrected chi connectivity index (χ0v) is 11.9. The summed E-state index contributed by atoms with van der Waals surface area (Å²) in [6.07, 6.45) is 0.874. The number of methoxy groups -OCH3 is 1. The number of rotatable bonds is 5. The van der Waals surface area contributed by atoms with Gasteiger partial charge in [-0.3, -0.25) is 9.59 Å². The molecule has 100 valence electrons. The lowest BCUT2D eigenvalue weighted by Crippen LogP contribution is -2.29. The number of carbonyl (C=O) groups is 2. The zero-order chi connectivity index (χ0) is 13.8. The molecule has 18 heavy (non-hydrogen) atoms. The van der Waals surface area contributed by atoms with Crippen LogP contribution in [0.2, 0.25) is 0 Å². The highest BCUT2D eigenvalue weighted by Crippen LogP contribution is 2.24. The molecule has 5 nitrogen and oxygen atoms in total. The second kappa shape index (κ2) is 5.95. The Morgan fingerprint density at radius 2 is 2.17 bits per heavy atom. The van der Waals surface area contributed by atoms with Crippen molar-refractivity contribution in [2.75, 3.05) is 12.4 Å². The number of hydrogen-bond donors (Lipinski definition) is 1. The van der Waals surface area contributed by atoms with Crippen molar-refractivity contribution >= 4 is 28.3 Å². The summed E-state index contributed by atoms with van der Waals surface area (Å²) in [6.45, 7) is 5.72. The van der Waals surface area contributed by atoms with Crippen LogP contribution in [0.15, 0.2) is 5.38 Å². The monoisotopic (exact) mass is 270 g/mol. The smallest absolute Gasteiger partial charge is 0.311 e. The second-order valence-electron chi connectivity index (χ2n) is 4.59. The number of esters is 1. The molecule has 1 N–H and O–H groups in total. The number of anilines is 1. The molecule has 0 unspecified atom stereocenters. The van der Waals surface area contributed by atoms with Gasteiger partial charge in [-0.05, 0) is 6.42 Å². The fourth-order valence-electron chi connectivity index (χ4n) is 1.09. The molecule has 0 aliphatic carbocycles. The minimum atomic E-state index is -0.422. The number of hydrogen-bond acceptors (Lipinski definition) is 5. The van der Waals surface area contributed by atoms with Gasteiger partial charge in [-0.25, -0.2) is 4.98 Å². The molecular weight excluding hydrogens is 252 g/mol. The van der Waals surface area contributed by atoms with E-state index in [-0.39, 0.29) is 18.3 Å². The third-order valence-corrected chi connectivity index (χ3v) is 3.63. The van der Waals surface area contributed by atoms with Gasteiger partial charge in [0.1, 0.15) is 0 Å². The SMILES string of the molecule is CCC(C)(C)C(=O)Nc1nc(CC(=O)OC)cs1. The van der Waals surface area contributed by atoms with E-state index in [1.54, 1.807) is 5.38 Å². The van der Waals surface area contributed by atoms with Crippen LogP contribution in [-0.2, 0) is 20.7 Å². The Morgan fingerprint density at radius 3 is 2.72 bits per heavy atom. The Hall–Kier alpha value is -1.43. The zero-order valence-electron chi connectivity index (χ0n) is 11.1. The van der Waals surface area contributed by atoms with Crippen molar-refractivity contribution in [3.05, 3.63) is 11.1 Å². The third-order valence-electron chi connectivity index (χ3n) is 2.82. The Bertz CT molecular complexity index is 440. The molecule has 6 heteroatoms. The lowest BCUT2D eigenvalue weighted by atomic mass is 9.89. The Labute approximate surface area is 111 Å². The van der Waals surface area contributed by atoms with E-state index in [0.717, 1.165) is 6.42 Å². The lowest BCUT2D eigenvalue weighted by Gasteiger charge is -2.20. The molecule has 0 radical (unpaired) electrons. The van der Waals surface area contributed by atoms with E-state index >= 15 is 0 Å². The van der Waals surface area contributed by atoms with Gasteiger partial charge in [0.2, 0.25) is 5.91 Å². The first-order valence-electron chi connectivity index (χ1n) is 5.71. The van der Waals surface area contributed by atoms with E-state index in [0.29, 0.717) is 10.8 Å². The minimum Gasteiger partial charge on any atom is -0.469 e. The van der Waals surface area contributed by atoms with Crippen molar-refractivity contribution in [3.8, 4) is 0 Å². The van der Waals surface area contributed by atoms with Crippen molar-refractivity contribution in [2.45, 2.75) is 33.6 Å². The molecule has 1 aromatic heterocycles. The van der Waals surface area contributed by atoms with Crippen LogP contribution in [0.1, 0.15) is 32.9 Å². The second-order valence-corrected chi connectivity index (χ2v) is 5.45. The van der Waals surface area contributed by atoms with Crippen molar-refractivity contribution in [2.24, 2.45) is 5.41 Å². The summed E-state index contributed by atoms with van der Waals surface area (Å²) in [5, 5.41) is 5.02. The van der Waals surface area contributed by atoms with Crippen LogP contribution in [0, 0.1) is 5.41 Å². The summed E-state index contributed by atoms with van der Waals surface area (Å²) in [5.74, 6) is -0.406. The number of carbonyl (C=O) groups excluding carboxylic acids is 2. The van der Waals surface area contributed by atoms with Crippen LogP contribution in [0.4, 0.5) is 5.13 Å². The first kappa shape index (κ1) is 14.6. The summed E-state index contributed by atoms with van der Waals surface area (Å²) >= 11 is 1.31. The standard InChI is InChI=1S/C12H18N2O3S/c1-5-12(2,3)10(16)14-11-13-8(7-18-11)6-9(15)17-4/h7H,5-6H2,1-4H3,(H,13,14,16). The number of nitrogens with zero attached hydrogens (tertiary/aromatic N) is 1. The number of amides is 1. The van der Waals surface area contributed by atoms with Crippen molar-refractivity contribution in [1.82, 2.24) is 4.98 Å². The van der Waals surface area contributed by atoms with E-state index in [2.05, 4.69) is 15.0 Å². The van der Waals surface area contributed by atoms with Gasteiger partial charge in [0.25, 0.3) is 0 Å². The van der Waals surface area contributed by atoms with E-state index in [4.69, 9.17) is 0 Å².